The molecule has 0 N–H and O–H groups in total. The van der Waals surface area contributed by atoms with E-state index in [-0.39, 0.29) is 11.8 Å². The fourth-order valence-corrected chi connectivity index (χ4v) is 5.35. The van der Waals surface area contributed by atoms with E-state index < -0.39 is 0 Å². The molecule has 0 spiro atoms. The second kappa shape index (κ2) is 8.55. The van der Waals surface area contributed by atoms with Crippen molar-refractivity contribution in [2.45, 2.75) is 39.7 Å². The molecule has 0 saturated carbocycles. The number of nitrogens with zero attached hydrogens (tertiary/aromatic N) is 3. The second-order valence-electron chi connectivity index (χ2n) is 8.18. The summed E-state index contributed by atoms with van der Waals surface area (Å²) in [6.45, 7) is 6.38. The van der Waals surface area contributed by atoms with Crippen molar-refractivity contribution in [1.82, 2.24) is 14.4 Å². The molecule has 3 heterocycles. The minimum Gasteiger partial charge on any atom is -0.341 e. The molecule has 2 fully saturated rings. The zero-order valence-corrected chi connectivity index (χ0v) is 19.3. The molecule has 2 aromatic rings. The highest BCUT2D eigenvalue weighted by atomic mass is 32.2. The van der Waals surface area contributed by atoms with E-state index >= 15 is 0 Å². The van der Waals surface area contributed by atoms with Gasteiger partial charge in [0, 0.05) is 37.3 Å². The maximum Gasteiger partial charge on any atom is 0.265 e. The first-order chi connectivity index (χ1) is 14.4. The van der Waals surface area contributed by atoms with Gasteiger partial charge in [-0.15, -0.1) is 0 Å². The maximum absolute atomic E-state index is 13.0. The predicted octanol–water partition coefficient (Wildman–Crippen LogP) is 4.29. The maximum atomic E-state index is 13.0. The SMILES string of the molecule is CCc1cccc2c(/C=C3\SC(=S)N(C)C3=O)cn(CC(=O)N3CCC(C)CC3)c12. The largest absolute Gasteiger partial charge is 0.341 e. The fourth-order valence-electron chi connectivity index (χ4n) is 4.18. The van der Waals surface area contributed by atoms with E-state index in [2.05, 4.69) is 30.5 Å². The molecule has 0 bridgehead atoms. The molecule has 1 aromatic carbocycles. The molecular formula is C23H27N3O2S2. The van der Waals surface area contributed by atoms with Gasteiger partial charge >= 0.3 is 0 Å². The molecule has 0 aliphatic carbocycles. The molecule has 2 amide bonds. The standard InChI is InChI=1S/C23H27N3O2S2/c1-4-16-6-5-7-18-17(12-19-22(28)24(3)23(29)30-19)13-26(21(16)18)14-20(27)25-10-8-15(2)9-11-25/h5-7,12-13,15H,4,8-11,14H2,1-3H3/b19-12-. The van der Waals surface area contributed by atoms with Crippen molar-refractivity contribution in [1.29, 1.82) is 0 Å². The summed E-state index contributed by atoms with van der Waals surface area (Å²) < 4.78 is 2.63. The first kappa shape index (κ1) is 21.1. The molecule has 158 valence electrons. The summed E-state index contributed by atoms with van der Waals surface area (Å²) >= 11 is 6.59. The number of amides is 2. The van der Waals surface area contributed by atoms with Crippen molar-refractivity contribution in [2.24, 2.45) is 5.92 Å². The summed E-state index contributed by atoms with van der Waals surface area (Å²) in [5, 5.41) is 1.07. The highest BCUT2D eigenvalue weighted by Crippen LogP contribution is 2.34. The van der Waals surface area contributed by atoms with Crippen LogP contribution >= 0.6 is 24.0 Å². The first-order valence-corrected chi connectivity index (χ1v) is 11.7. The van der Waals surface area contributed by atoms with Gasteiger partial charge in [0.2, 0.25) is 5.91 Å². The van der Waals surface area contributed by atoms with Crippen LogP contribution in [0.25, 0.3) is 17.0 Å². The Kier molecular flexibility index (Phi) is 6.02. The number of para-hydroxylation sites is 1. The van der Waals surface area contributed by atoms with Gasteiger partial charge in [-0.1, -0.05) is 56.0 Å². The third-order valence-corrected chi connectivity index (χ3v) is 7.59. The third-order valence-electron chi connectivity index (χ3n) is 6.11. The van der Waals surface area contributed by atoms with Crippen LogP contribution in [-0.2, 0) is 22.6 Å². The normalized spacial score (nSPS) is 19.5. The number of aromatic nitrogens is 1. The van der Waals surface area contributed by atoms with Crippen molar-refractivity contribution in [3.05, 3.63) is 40.4 Å². The van der Waals surface area contributed by atoms with E-state index in [9.17, 15) is 9.59 Å². The fraction of sp³-hybridized carbons (Fsp3) is 0.435. The van der Waals surface area contributed by atoms with Crippen LogP contribution in [0.4, 0.5) is 0 Å². The number of carbonyl (C=O) groups is 2. The number of piperidine rings is 1. The average Bonchev–Trinajstić information content (AvgIpc) is 3.20. The van der Waals surface area contributed by atoms with Crippen molar-refractivity contribution >= 4 is 57.1 Å². The number of rotatable bonds is 4. The van der Waals surface area contributed by atoms with Crippen molar-refractivity contribution in [3.63, 3.8) is 0 Å². The van der Waals surface area contributed by atoms with Crippen LogP contribution in [0, 0.1) is 5.92 Å². The van der Waals surface area contributed by atoms with Crippen LogP contribution < -0.4 is 0 Å². The van der Waals surface area contributed by atoms with Gasteiger partial charge in [-0.05, 0) is 36.8 Å². The molecule has 30 heavy (non-hydrogen) atoms. The van der Waals surface area contributed by atoms with Gasteiger partial charge < -0.3 is 9.47 Å². The molecule has 2 saturated heterocycles. The van der Waals surface area contributed by atoms with E-state index in [1.165, 1.54) is 22.2 Å². The van der Waals surface area contributed by atoms with E-state index in [4.69, 9.17) is 12.2 Å². The Bertz CT molecular complexity index is 1050. The van der Waals surface area contributed by atoms with Gasteiger partial charge in [0.1, 0.15) is 10.9 Å². The van der Waals surface area contributed by atoms with Crippen LogP contribution in [0.15, 0.2) is 29.3 Å². The Hall–Kier alpha value is -2.12. The number of aryl methyl sites for hydroxylation is 1. The molecule has 0 unspecified atom stereocenters. The first-order valence-electron chi connectivity index (χ1n) is 10.5. The molecule has 1 aromatic heterocycles. The minimum atomic E-state index is -0.0731. The summed E-state index contributed by atoms with van der Waals surface area (Å²) in [6, 6.07) is 6.22. The topological polar surface area (TPSA) is 45.6 Å². The monoisotopic (exact) mass is 441 g/mol. The number of carbonyl (C=O) groups excluding carboxylic acids is 2. The molecular weight excluding hydrogens is 414 g/mol. The molecule has 0 radical (unpaired) electrons. The lowest BCUT2D eigenvalue weighted by Crippen LogP contribution is -2.39. The highest BCUT2D eigenvalue weighted by Gasteiger charge is 2.29. The zero-order chi connectivity index (χ0) is 21.4. The number of thiocarbonyl (C=S) groups is 1. The number of fused-ring (bicyclic) bond motifs is 1. The minimum absolute atomic E-state index is 0.0731. The average molecular weight is 442 g/mol. The van der Waals surface area contributed by atoms with E-state index in [0.717, 1.165) is 48.8 Å². The Balaban J connectivity index is 1.71. The lowest BCUT2D eigenvalue weighted by atomic mass is 9.99. The van der Waals surface area contributed by atoms with Crippen LogP contribution in [0.3, 0.4) is 0 Å². The summed E-state index contributed by atoms with van der Waals surface area (Å²) in [4.78, 5) is 29.6. The molecule has 2 aliphatic heterocycles. The molecule has 0 atom stereocenters. The van der Waals surface area contributed by atoms with Crippen molar-refractivity contribution in [2.75, 3.05) is 20.1 Å². The van der Waals surface area contributed by atoms with Crippen LogP contribution in [0.1, 0.15) is 37.8 Å². The van der Waals surface area contributed by atoms with Gasteiger partial charge in [0.05, 0.1) is 10.4 Å². The van der Waals surface area contributed by atoms with Crippen LogP contribution in [0.5, 0.6) is 0 Å². The molecule has 2 aliphatic rings. The number of likely N-dealkylation sites (tertiary alicyclic amines) is 1. The summed E-state index contributed by atoms with van der Waals surface area (Å²) in [7, 11) is 1.70. The van der Waals surface area contributed by atoms with Gasteiger partial charge in [0.25, 0.3) is 5.91 Å². The van der Waals surface area contributed by atoms with Gasteiger partial charge in [0.15, 0.2) is 0 Å². The quantitative estimate of drug-likeness (QED) is 0.524. The van der Waals surface area contributed by atoms with E-state index in [1.807, 2.05) is 23.2 Å². The lowest BCUT2D eigenvalue weighted by molar-refractivity contribution is -0.133. The van der Waals surface area contributed by atoms with E-state index in [0.29, 0.717) is 21.7 Å². The van der Waals surface area contributed by atoms with Crippen molar-refractivity contribution < 1.29 is 9.59 Å². The third kappa shape index (κ3) is 3.93. The van der Waals surface area contributed by atoms with Gasteiger partial charge in [-0.3, -0.25) is 14.5 Å². The Morgan fingerprint density at radius 2 is 2.03 bits per heavy atom. The molecule has 4 rings (SSSR count). The van der Waals surface area contributed by atoms with Crippen LogP contribution in [0.2, 0.25) is 0 Å². The summed E-state index contributed by atoms with van der Waals surface area (Å²) in [6.07, 6.45) is 6.95. The zero-order valence-electron chi connectivity index (χ0n) is 17.7. The Morgan fingerprint density at radius 3 is 2.67 bits per heavy atom. The number of hydrogen-bond acceptors (Lipinski definition) is 4. The molecule has 5 nitrogen and oxygen atoms in total. The second-order valence-corrected chi connectivity index (χ2v) is 9.86. The number of likely N-dealkylation sites (N-methyl/N-ethyl adjacent to an activating group) is 1. The van der Waals surface area contributed by atoms with Crippen LogP contribution in [-0.4, -0.2) is 50.6 Å². The Labute approximate surface area is 187 Å². The highest BCUT2D eigenvalue weighted by molar-refractivity contribution is 8.26. The number of hydrogen-bond donors (Lipinski definition) is 0. The van der Waals surface area contributed by atoms with Gasteiger partial charge in [-0.25, -0.2) is 0 Å². The van der Waals surface area contributed by atoms with E-state index in [1.54, 1.807) is 7.05 Å². The summed E-state index contributed by atoms with van der Waals surface area (Å²) in [5.41, 5.74) is 3.24. The lowest BCUT2D eigenvalue weighted by Gasteiger charge is -2.30. The molecule has 7 heteroatoms. The number of benzene rings is 1. The smallest absolute Gasteiger partial charge is 0.265 e. The van der Waals surface area contributed by atoms with Crippen molar-refractivity contribution in [3.8, 4) is 0 Å². The Morgan fingerprint density at radius 1 is 1.30 bits per heavy atom. The number of thioether (sulfide) groups is 1. The summed E-state index contributed by atoms with van der Waals surface area (Å²) in [5.74, 6) is 0.782. The predicted molar refractivity (Wildman–Crippen MR) is 127 cm³/mol. The van der Waals surface area contributed by atoms with Gasteiger partial charge in [-0.2, -0.15) is 0 Å².